The number of halogens is 3. The van der Waals surface area contributed by atoms with Crippen LogP contribution in [-0.4, -0.2) is 0 Å². The number of hydrogen-bond donors (Lipinski definition) is 0. The molecule has 0 bridgehead atoms. The molecule has 0 saturated carbocycles. The maximum atomic E-state index is 3.48. The summed E-state index contributed by atoms with van der Waals surface area (Å²) in [7, 11) is 0. The second kappa shape index (κ2) is 4.45. The Hall–Kier alpha value is 0.660. The van der Waals surface area contributed by atoms with Crippen molar-refractivity contribution in [2.45, 2.75) is 21.9 Å². The van der Waals surface area contributed by atoms with E-state index < -0.39 is 0 Å². The normalized spacial score (nSPS) is 12.2. The molecule has 1 rings (SSSR count). The van der Waals surface area contributed by atoms with Crippen LogP contribution in [0.4, 0.5) is 0 Å². The maximum Gasteiger partial charge on any atom is 0.159 e. The van der Waals surface area contributed by atoms with Crippen molar-refractivity contribution in [3.8, 4) is 0 Å². The van der Waals surface area contributed by atoms with Crippen LogP contribution in [0.1, 0.15) is 30.9 Å². The summed E-state index contributed by atoms with van der Waals surface area (Å²) in [6, 6.07) is 8.51. The van der Waals surface area contributed by atoms with Crippen molar-refractivity contribution in [2.75, 3.05) is 0 Å². The van der Waals surface area contributed by atoms with Crippen LogP contribution in [0.25, 0.3) is 0 Å². The van der Waals surface area contributed by atoms with Gasteiger partial charge in [0.2, 0.25) is 0 Å². The van der Waals surface area contributed by atoms with E-state index in [4.69, 9.17) is 0 Å². The summed E-state index contributed by atoms with van der Waals surface area (Å²) in [4.78, 5) is 0. The number of rotatable bonds is 1. The van der Waals surface area contributed by atoms with Gasteiger partial charge < -0.3 is 0 Å². The van der Waals surface area contributed by atoms with E-state index in [9.17, 15) is 0 Å². The Morgan fingerprint density at radius 2 is 1.46 bits per heavy atom. The molecule has 0 atom stereocenters. The predicted octanol–water partition coefficient (Wildman–Crippen LogP) is 5.11. The molecule has 0 fully saturated rings. The lowest BCUT2D eigenvalue weighted by Crippen LogP contribution is -1.97. The van der Waals surface area contributed by atoms with Crippen LogP contribution in [0.2, 0.25) is 0 Å². The molecule has 0 amide bonds. The SMILES string of the molecule is CC(C)c1ccc(C(Br)(Br)Br)cc1. The van der Waals surface area contributed by atoms with E-state index in [1.807, 2.05) is 0 Å². The minimum Gasteiger partial charge on any atom is -0.0587 e. The Labute approximate surface area is 104 Å². The average Bonchev–Trinajstić information content (AvgIpc) is 2.03. The fourth-order valence-corrected chi connectivity index (χ4v) is 1.85. The summed E-state index contributed by atoms with van der Waals surface area (Å²) in [5.74, 6) is 0.587. The first kappa shape index (κ1) is 11.7. The van der Waals surface area contributed by atoms with Crippen molar-refractivity contribution in [3.63, 3.8) is 0 Å². The zero-order chi connectivity index (χ0) is 10.1. The molecule has 0 aromatic heterocycles. The van der Waals surface area contributed by atoms with Crippen molar-refractivity contribution < 1.29 is 0 Å². The van der Waals surface area contributed by atoms with Crippen molar-refractivity contribution in [2.24, 2.45) is 0 Å². The number of hydrogen-bond acceptors (Lipinski definition) is 0. The summed E-state index contributed by atoms with van der Waals surface area (Å²) < 4.78 is -0.289. The van der Waals surface area contributed by atoms with E-state index in [-0.39, 0.29) is 2.14 Å². The van der Waals surface area contributed by atoms with Gasteiger partial charge in [0.1, 0.15) is 0 Å². The van der Waals surface area contributed by atoms with Gasteiger partial charge in [-0.1, -0.05) is 85.9 Å². The molecule has 0 aliphatic rings. The van der Waals surface area contributed by atoms with Gasteiger partial charge in [-0.15, -0.1) is 0 Å². The highest BCUT2D eigenvalue weighted by Gasteiger charge is 2.20. The molecule has 3 heteroatoms. The molecule has 0 aliphatic carbocycles. The fourth-order valence-electron chi connectivity index (χ4n) is 1.06. The quantitative estimate of drug-likeness (QED) is 0.603. The third-order valence-electron chi connectivity index (χ3n) is 1.90. The molecule has 0 saturated heterocycles. The zero-order valence-electron chi connectivity index (χ0n) is 7.52. The van der Waals surface area contributed by atoms with Crippen molar-refractivity contribution >= 4 is 47.8 Å². The first-order valence-electron chi connectivity index (χ1n) is 4.08. The van der Waals surface area contributed by atoms with Crippen LogP contribution in [0.15, 0.2) is 24.3 Å². The van der Waals surface area contributed by atoms with Gasteiger partial charge in [0.15, 0.2) is 2.14 Å². The molecular weight excluding hydrogens is 360 g/mol. The molecular formula is C10H11Br3. The van der Waals surface area contributed by atoms with E-state index in [0.717, 1.165) is 5.56 Å². The molecule has 0 nitrogen and oxygen atoms in total. The van der Waals surface area contributed by atoms with E-state index in [1.54, 1.807) is 0 Å². The lowest BCUT2D eigenvalue weighted by molar-refractivity contribution is 0.866. The molecule has 0 N–H and O–H groups in total. The third kappa shape index (κ3) is 3.37. The molecule has 0 radical (unpaired) electrons. The minimum absolute atomic E-state index is 0.289. The van der Waals surface area contributed by atoms with Crippen LogP contribution < -0.4 is 0 Å². The van der Waals surface area contributed by atoms with Gasteiger partial charge in [-0.3, -0.25) is 0 Å². The molecule has 0 spiro atoms. The minimum atomic E-state index is -0.289. The highest BCUT2D eigenvalue weighted by molar-refractivity contribution is 9.38. The van der Waals surface area contributed by atoms with E-state index >= 15 is 0 Å². The zero-order valence-corrected chi connectivity index (χ0v) is 12.3. The number of benzene rings is 1. The maximum absolute atomic E-state index is 3.48. The van der Waals surface area contributed by atoms with Crippen LogP contribution in [0.3, 0.4) is 0 Å². The predicted molar refractivity (Wildman–Crippen MR) is 69.0 cm³/mol. The average molecular weight is 371 g/mol. The highest BCUT2D eigenvalue weighted by atomic mass is 80.0. The highest BCUT2D eigenvalue weighted by Crippen LogP contribution is 2.44. The molecule has 13 heavy (non-hydrogen) atoms. The fraction of sp³-hybridized carbons (Fsp3) is 0.400. The Kier molecular flexibility index (Phi) is 4.02. The second-order valence-corrected chi connectivity index (χ2v) is 10.0. The summed E-state index contributed by atoms with van der Waals surface area (Å²) in [5.41, 5.74) is 2.53. The Morgan fingerprint density at radius 1 is 1.00 bits per heavy atom. The summed E-state index contributed by atoms with van der Waals surface area (Å²) in [6.45, 7) is 4.39. The molecule has 0 heterocycles. The number of alkyl halides is 3. The van der Waals surface area contributed by atoms with Crippen LogP contribution >= 0.6 is 47.8 Å². The van der Waals surface area contributed by atoms with E-state index in [0.29, 0.717) is 5.92 Å². The monoisotopic (exact) mass is 368 g/mol. The first-order chi connectivity index (χ1) is 5.91. The lowest BCUT2D eigenvalue weighted by atomic mass is 10.0. The van der Waals surface area contributed by atoms with Crippen molar-refractivity contribution in [1.29, 1.82) is 0 Å². The van der Waals surface area contributed by atoms with Crippen molar-refractivity contribution in [3.05, 3.63) is 35.4 Å². The van der Waals surface area contributed by atoms with Gasteiger partial charge in [0.05, 0.1) is 0 Å². The lowest BCUT2D eigenvalue weighted by Gasteiger charge is -2.13. The van der Waals surface area contributed by atoms with E-state index in [1.165, 1.54) is 5.56 Å². The van der Waals surface area contributed by atoms with Gasteiger partial charge in [-0.25, -0.2) is 0 Å². The first-order valence-corrected chi connectivity index (χ1v) is 6.46. The molecule has 1 aromatic rings. The summed E-state index contributed by atoms with van der Waals surface area (Å²) in [5, 5.41) is 0. The smallest absolute Gasteiger partial charge is 0.0587 e. The van der Waals surface area contributed by atoms with Crippen molar-refractivity contribution in [1.82, 2.24) is 0 Å². The molecule has 0 aliphatic heterocycles. The molecule has 0 unspecified atom stereocenters. The van der Waals surface area contributed by atoms with Crippen LogP contribution in [0, 0.1) is 0 Å². The van der Waals surface area contributed by atoms with Gasteiger partial charge in [0.25, 0.3) is 0 Å². The largest absolute Gasteiger partial charge is 0.159 e. The third-order valence-corrected chi connectivity index (χ3v) is 3.28. The standard InChI is InChI=1S/C10H11Br3/c1-7(2)8-3-5-9(6-4-8)10(11,12)13/h3-7H,1-2H3. The molecule has 72 valence electrons. The van der Waals surface area contributed by atoms with E-state index in [2.05, 4.69) is 85.9 Å². The Balaban J connectivity index is 2.94. The molecule has 1 aromatic carbocycles. The Bertz CT molecular complexity index is 269. The van der Waals surface area contributed by atoms with Crippen LogP contribution in [-0.2, 0) is 2.14 Å². The second-order valence-electron chi connectivity index (χ2n) is 3.27. The van der Waals surface area contributed by atoms with Gasteiger partial charge >= 0.3 is 0 Å². The summed E-state index contributed by atoms with van der Waals surface area (Å²) in [6.07, 6.45) is 0. The topological polar surface area (TPSA) is 0 Å². The summed E-state index contributed by atoms with van der Waals surface area (Å²) >= 11 is 10.4. The van der Waals surface area contributed by atoms with Gasteiger partial charge in [-0.05, 0) is 17.0 Å². The van der Waals surface area contributed by atoms with Gasteiger partial charge in [0, 0.05) is 0 Å². The Morgan fingerprint density at radius 3 is 1.77 bits per heavy atom. The van der Waals surface area contributed by atoms with Gasteiger partial charge in [-0.2, -0.15) is 0 Å². The van der Waals surface area contributed by atoms with Crippen LogP contribution in [0.5, 0.6) is 0 Å².